The summed E-state index contributed by atoms with van der Waals surface area (Å²) in [6.45, 7) is 7.56. The van der Waals surface area contributed by atoms with Gasteiger partial charge >= 0.3 is 0 Å². The fourth-order valence-corrected chi connectivity index (χ4v) is 2.49. The second-order valence-electron chi connectivity index (χ2n) is 5.79. The predicted octanol–water partition coefficient (Wildman–Crippen LogP) is -0.252. The maximum absolute atomic E-state index is 12.8. The number of carbonyl (C=O) groups excluding carboxylic acids is 2. The minimum atomic E-state index is -0.982. The van der Waals surface area contributed by atoms with Gasteiger partial charge in [0.25, 0.3) is 11.5 Å². The fraction of sp³-hybridized carbons (Fsp3) is 0.571. The van der Waals surface area contributed by atoms with Gasteiger partial charge in [-0.3, -0.25) is 14.4 Å². The van der Waals surface area contributed by atoms with Gasteiger partial charge in [0.1, 0.15) is 11.1 Å². The van der Waals surface area contributed by atoms with Gasteiger partial charge in [0.05, 0.1) is 5.69 Å². The largest absolute Gasteiger partial charge is 0.352 e. The van der Waals surface area contributed by atoms with Gasteiger partial charge in [-0.05, 0) is 33.3 Å². The van der Waals surface area contributed by atoms with Crippen LogP contribution in [0.25, 0.3) is 0 Å². The topological polar surface area (TPSA) is 84.3 Å². The zero-order chi connectivity index (χ0) is 15.9. The highest BCUT2D eigenvalue weighted by Crippen LogP contribution is 2.21. The predicted molar refractivity (Wildman–Crippen MR) is 77.1 cm³/mol. The summed E-state index contributed by atoms with van der Waals surface area (Å²) in [6.07, 6.45) is 0. The molecule has 1 aromatic heterocycles. The van der Waals surface area contributed by atoms with Crippen molar-refractivity contribution in [1.82, 2.24) is 20.0 Å². The molecule has 0 atom stereocenters. The molecule has 0 radical (unpaired) electrons. The minimum absolute atomic E-state index is 0.0905. The van der Waals surface area contributed by atoms with E-state index in [-0.39, 0.29) is 11.5 Å². The van der Waals surface area contributed by atoms with Crippen LogP contribution in [0.1, 0.15) is 35.5 Å². The lowest BCUT2D eigenvalue weighted by Crippen LogP contribution is -2.64. The van der Waals surface area contributed by atoms with Crippen molar-refractivity contribution < 1.29 is 9.59 Å². The number of aromatic nitrogens is 2. The molecule has 2 amide bonds. The smallest absolute Gasteiger partial charge is 0.279 e. The monoisotopic (exact) mass is 292 g/mol. The number of carbonyl (C=O) groups is 2. The van der Waals surface area contributed by atoms with Crippen molar-refractivity contribution in [3.8, 4) is 0 Å². The maximum Gasteiger partial charge on any atom is 0.279 e. The van der Waals surface area contributed by atoms with Crippen molar-refractivity contribution in [2.75, 3.05) is 13.1 Å². The first kappa shape index (κ1) is 15.2. The lowest BCUT2D eigenvalue weighted by Gasteiger charge is -2.41. The second-order valence-corrected chi connectivity index (χ2v) is 5.79. The molecule has 21 heavy (non-hydrogen) atoms. The Balaban J connectivity index is 2.55. The van der Waals surface area contributed by atoms with Gasteiger partial charge in [-0.1, -0.05) is 0 Å². The van der Waals surface area contributed by atoms with E-state index in [9.17, 15) is 14.4 Å². The van der Waals surface area contributed by atoms with E-state index >= 15 is 0 Å². The number of nitrogens with one attached hydrogen (secondary N) is 1. The third kappa shape index (κ3) is 2.32. The Bertz CT molecular complexity index is 676. The van der Waals surface area contributed by atoms with Crippen LogP contribution in [0.4, 0.5) is 0 Å². The van der Waals surface area contributed by atoms with Gasteiger partial charge in [0.2, 0.25) is 5.91 Å². The quantitative estimate of drug-likeness (QED) is 0.773. The summed E-state index contributed by atoms with van der Waals surface area (Å²) >= 11 is 0. The third-order valence-corrected chi connectivity index (χ3v) is 4.04. The molecule has 7 nitrogen and oxygen atoms in total. The Kier molecular flexibility index (Phi) is 3.61. The Hall–Kier alpha value is -2.18. The molecule has 7 heteroatoms. The van der Waals surface area contributed by atoms with E-state index < -0.39 is 17.0 Å². The summed E-state index contributed by atoms with van der Waals surface area (Å²) in [5.74, 6) is -0.638. The van der Waals surface area contributed by atoms with E-state index in [0.29, 0.717) is 24.3 Å². The van der Waals surface area contributed by atoms with Gasteiger partial charge in [0, 0.05) is 20.1 Å². The highest BCUT2D eigenvalue weighted by atomic mass is 16.2. The summed E-state index contributed by atoms with van der Waals surface area (Å²) < 4.78 is 1.16. The number of nitrogens with zero attached hydrogens (tertiary/aromatic N) is 3. The average molecular weight is 292 g/mol. The van der Waals surface area contributed by atoms with Crippen molar-refractivity contribution in [2.45, 2.75) is 33.2 Å². The molecule has 0 aliphatic carbocycles. The Morgan fingerprint density at radius 1 is 1.29 bits per heavy atom. The fourth-order valence-electron chi connectivity index (χ4n) is 2.49. The van der Waals surface area contributed by atoms with Crippen molar-refractivity contribution in [2.24, 2.45) is 7.05 Å². The normalized spacial score (nSPS) is 17.6. The Morgan fingerprint density at radius 3 is 2.52 bits per heavy atom. The third-order valence-electron chi connectivity index (χ3n) is 4.04. The number of hydrogen-bond acceptors (Lipinski definition) is 4. The Morgan fingerprint density at radius 2 is 1.90 bits per heavy atom. The first-order valence-electron chi connectivity index (χ1n) is 6.82. The molecule has 2 rings (SSSR count). The summed E-state index contributed by atoms with van der Waals surface area (Å²) in [5.41, 5.74) is -0.147. The molecule has 114 valence electrons. The number of amides is 2. The number of hydrogen-bond donors (Lipinski definition) is 1. The molecular weight excluding hydrogens is 272 g/mol. The van der Waals surface area contributed by atoms with E-state index in [1.54, 1.807) is 27.7 Å². The van der Waals surface area contributed by atoms with Gasteiger partial charge in [0.15, 0.2) is 0 Å². The summed E-state index contributed by atoms with van der Waals surface area (Å²) in [7, 11) is 1.51. The van der Waals surface area contributed by atoms with E-state index in [1.807, 2.05) is 0 Å². The van der Waals surface area contributed by atoms with Crippen LogP contribution in [0.2, 0.25) is 0 Å². The molecule has 0 unspecified atom stereocenters. The van der Waals surface area contributed by atoms with Crippen LogP contribution in [0, 0.1) is 13.8 Å². The zero-order valence-electron chi connectivity index (χ0n) is 13.0. The number of aryl methyl sites for hydroxylation is 2. The lowest BCUT2D eigenvalue weighted by molar-refractivity contribution is -0.133. The zero-order valence-corrected chi connectivity index (χ0v) is 13.0. The molecule has 1 aliphatic heterocycles. The standard InChI is InChI=1S/C14H20N4O3/c1-8-9(2)16-17(5)11(19)10(8)12(20)18-7-6-15-13(21)14(18,3)4/h6-7H2,1-5H3,(H,15,21). The van der Waals surface area contributed by atoms with Crippen molar-refractivity contribution >= 4 is 11.8 Å². The minimum Gasteiger partial charge on any atom is -0.352 e. The average Bonchev–Trinajstić information content (AvgIpc) is 2.39. The highest BCUT2D eigenvalue weighted by Gasteiger charge is 2.41. The van der Waals surface area contributed by atoms with Gasteiger partial charge in [-0.15, -0.1) is 0 Å². The molecule has 1 fully saturated rings. The van der Waals surface area contributed by atoms with Crippen LogP contribution in [-0.4, -0.2) is 45.1 Å². The van der Waals surface area contributed by atoms with Crippen LogP contribution in [0.15, 0.2) is 4.79 Å². The molecular formula is C14H20N4O3. The van der Waals surface area contributed by atoms with Crippen LogP contribution in [0.5, 0.6) is 0 Å². The van der Waals surface area contributed by atoms with Crippen molar-refractivity contribution in [3.63, 3.8) is 0 Å². The van der Waals surface area contributed by atoms with E-state index in [4.69, 9.17) is 0 Å². The number of rotatable bonds is 1. The summed E-state index contributed by atoms with van der Waals surface area (Å²) in [5, 5.41) is 6.80. The summed E-state index contributed by atoms with van der Waals surface area (Å²) in [4.78, 5) is 38.5. The van der Waals surface area contributed by atoms with E-state index in [2.05, 4.69) is 10.4 Å². The van der Waals surface area contributed by atoms with Crippen molar-refractivity contribution in [3.05, 3.63) is 27.2 Å². The molecule has 0 saturated carbocycles. The molecule has 1 N–H and O–H groups in total. The first-order valence-corrected chi connectivity index (χ1v) is 6.82. The van der Waals surface area contributed by atoms with Crippen LogP contribution in [-0.2, 0) is 11.8 Å². The van der Waals surface area contributed by atoms with Crippen LogP contribution < -0.4 is 10.9 Å². The molecule has 0 aromatic carbocycles. The van der Waals surface area contributed by atoms with Crippen molar-refractivity contribution in [1.29, 1.82) is 0 Å². The molecule has 2 heterocycles. The molecule has 1 saturated heterocycles. The van der Waals surface area contributed by atoms with E-state index in [1.165, 1.54) is 11.9 Å². The molecule has 1 aliphatic rings. The Labute approximate surface area is 122 Å². The maximum atomic E-state index is 12.8. The number of piperazine rings is 1. The van der Waals surface area contributed by atoms with Crippen LogP contribution in [0.3, 0.4) is 0 Å². The second kappa shape index (κ2) is 4.98. The van der Waals surface area contributed by atoms with Gasteiger partial charge in [-0.2, -0.15) is 5.10 Å². The highest BCUT2D eigenvalue weighted by molar-refractivity contribution is 6.00. The lowest BCUT2D eigenvalue weighted by atomic mass is 9.97. The summed E-state index contributed by atoms with van der Waals surface area (Å²) in [6, 6.07) is 0. The first-order chi connectivity index (χ1) is 9.67. The molecule has 0 spiro atoms. The van der Waals surface area contributed by atoms with Gasteiger partial charge < -0.3 is 10.2 Å². The molecule has 1 aromatic rings. The SMILES string of the molecule is Cc1nn(C)c(=O)c(C(=O)N2CCNC(=O)C2(C)C)c1C. The van der Waals surface area contributed by atoms with Gasteiger partial charge in [-0.25, -0.2) is 4.68 Å². The van der Waals surface area contributed by atoms with Crippen LogP contribution >= 0.6 is 0 Å². The van der Waals surface area contributed by atoms with E-state index in [0.717, 1.165) is 4.68 Å². The molecule has 0 bridgehead atoms.